The zero-order valence-corrected chi connectivity index (χ0v) is 14.2. The first-order valence-corrected chi connectivity index (χ1v) is 8.28. The maximum atomic E-state index is 12.5. The fourth-order valence-corrected chi connectivity index (χ4v) is 2.87. The van der Waals surface area contributed by atoms with E-state index in [4.69, 9.17) is 4.74 Å². The van der Waals surface area contributed by atoms with Gasteiger partial charge >= 0.3 is 0 Å². The Morgan fingerprint density at radius 3 is 2.87 bits per heavy atom. The Bertz CT molecular complexity index is 571. The lowest BCUT2D eigenvalue weighted by Gasteiger charge is -2.17. The molecule has 0 radical (unpaired) electrons. The second kappa shape index (κ2) is 7.99. The molecule has 0 aliphatic carbocycles. The standard InChI is InChI=1S/C18H26N2O3/c1-4-5-6-9-20-12-14(11-17(20)21)18(22)19-15-10-13(2)7-8-16(15)23-3/h7-8,10,14H,4-6,9,11-12H2,1-3H3,(H,19,22). The molecule has 0 saturated carbocycles. The van der Waals surface area contributed by atoms with Crippen LogP contribution in [0, 0.1) is 12.8 Å². The van der Waals surface area contributed by atoms with Gasteiger partial charge < -0.3 is 15.0 Å². The smallest absolute Gasteiger partial charge is 0.229 e. The summed E-state index contributed by atoms with van der Waals surface area (Å²) in [5, 5.41) is 2.91. The van der Waals surface area contributed by atoms with Gasteiger partial charge in [0.2, 0.25) is 11.8 Å². The van der Waals surface area contributed by atoms with Gasteiger partial charge in [0.1, 0.15) is 5.75 Å². The molecule has 5 nitrogen and oxygen atoms in total. The van der Waals surface area contributed by atoms with Crippen molar-refractivity contribution in [1.82, 2.24) is 4.90 Å². The highest BCUT2D eigenvalue weighted by Gasteiger charge is 2.34. The Labute approximate surface area is 138 Å². The van der Waals surface area contributed by atoms with Crippen LogP contribution < -0.4 is 10.1 Å². The Balaban J connectivity index is 1.96. The first-order valence-electron chi connectivity index (χ1n) is 8.28. The summed E-state index contributed by atoms with van der Waals surface area (Å²) in [6.45, 7) is 5.37. The van der Waals surface area contributed by atoms with E-state index in [9.17, 15) is 9.59 Å². The zero-order valence-electron chi connectivity index (χ0n) is 14.2. The number of methoxy groups -OCH3 is 1. The van der Waals surface area contributed by atoms with Crippen LogP contribution in [-0.4, -0.2) is 36.9 Å². The minimum atomic E-state index is -0.283. The number of hydrogen-bond donors (Lipinski definition) is 1. The lowest BCUT2D eigenvalue weighted by atomic mass is 10.1. The van der Waals surface area contributed by atoms with Gasteiger partial charge in [-0.3, -0.25) is 9.59 Å². The summed E-state index contributed by atoms with van der Waals surface area (Å²) in [6.07, 6.45) is 3.54. The third kappa shape index (κ3) is 4.47. The van der Waals surface area contributed by atoms with Crippen LogP contribution in [0.4, 0.5) is 5.69 Å². The molecular weight excluding hydrogens is 292 g/mol. The molecule has 0 aromatic heterocycles. The molecule has 0 spiro atoms. The highest BCUT2D eigenvalue weighted by Crippen LogP contribution is 2.27. The molecule has 1 atom stereocenters. The van der Waals surface area contributed by atoms with Gasteiger partial charge in [0, 0.05) is 19.5 Å². The van der Waals surface area contributed by atoms with Crippen LogP contribution >= 0.6 is 0 Å². The topological polar surface area (TPSA) is 58.6 Å². The summed E-state index contributed by atoms with van der Waals surface area (Å²) in [5.74, 6) is 0.320. The average Bonchev–Trinajstić information content (AvgIpc) is 2.89. The van der Waals surface area contributed by atoms with E-state index in [1.807, 2.05) is 30.0 Å². The SMILES string of the molecule is CCCCCN1CC(C(=O)Nc2cc(C)ccc2OC)CC1=O. The maximum absolute atomic E-state index is 12.5. The number of ether oxygens (including phenoxy) is 1. The number of aryl methyl sites for hydroxylation is 1. The van der Waals surface area contributed by atoms with Crippen LogP contribution in [0.1, 0.15) is 38.2 Å². The Morgan fingerprint density at radius 2 is 2.17 bits per heavy atom. The number of unbranched alkanes of at least 4 members (excludes halogenated alkanes) is 2. The van der Waals surface area contributed by atoms with E-state index in [1.165, 1.54) is 0 Å². The van der Waals surface area contributed by atoms with Crippen molar-refractivity contribution in [2.75, 3.05) is 25.5 Å². The summed E-state index contributed by atoms with van der Waals surface area (Å²) < 4.78 is 5.28. The first kappa shape index (κ1) is 17.3. The number of nitrogens with one attached hydrogen (secondary N) is 1. The highest BCUT2D eigenvalue weighted by atomic mass is 16.5. The summed E-state index contributed by atoms with van der Waals surface area (Å²) >= 11 is 0. The van der Waals surface area contributed by atoms with Crippen molar-refractivity contribution in [3.8, 4) is 5.75 Å². The number of hydrogen-bond acceptors (Lipinski definition) is 3. The van der Waals surface area contributed by atoms with Gasteiger partial charge in [-0.2, -0.15) is 0 Å². The third-order valence-corrected chi connectivity index (χ3v) is 4.23. The molecule has 1 aromatic rings. The second-order valence-corrected chi connectivity index (χ2v) is 6.14. The summed E-state index contributed by atoms with van der Waals surface area (Å²) in [5.41, 5.74) is 1.71. The van der Waals surface area contributed by atoms with Gasteiger partial charge in [-0.15, -0.1) is 0 Å². The number of nitrogens with zero attached hydrogens (tertiary/aromatic N) is 1. The fraction of sp³-hybridized carbons (Fsp3) is 0.556. The Morgan fingerprint density at radius 1 is 1.39 bits per heavy atom. The number of amides is 2. The molecule has 2 amide bonds. The molecule has 23 heavy (non-hydrogen) atoms. The molecule has 1 heterocycles. The molecule has 1 fully saturated rings. The van der Waals surface area contributed by atoms with Crippen molar-refractivity contribution >= 4 is 17.5 Å². The normalized spacial score (nSPS) is 17.4. The second-order valence-electron chi connectivity index (χ2n) is 6.14. The van der Waals surface area contributed by atoms with E-state index < -0.39 is 0 Å². The minimum Gasteiger partial charge on any atom is -0.495 e. The maximum Gasteiger partial charge on any atom is 0.229 e. The van der Waals surface area contributed by atoms with E-state index in [-0.39, 0.29) is 17.7 Å². The van der Waals surface area contributed by atoms with Crippen LogP contribution in [-0.2, 0) is 9.59 Å². The van der Waals surface area contributed by atoms with E-state index in [1.54, 1.807) is 7.11 Å². The van der Waals surface area contributed by atoms with Gasteiger partial charge in [-0.05, 0) is 31.0 Å². The predicted octanol–water partition coefficient (Wildman–Crippen LogP) is 2.98. The lowest BCUT2D eigenvalue weighted by Crippen LogP contribution is -2.29. The van der Waals surface area contributed by atoms with Crippen LogP contribution in [0.3, 0.4) is 0 Å². The van der Waals surface area contributed by atoms with Crippen LogP contribution in [0.25, 0.3) is 0 Å². The summed E-state index contributed by atoms with van der Waals surface area (Å²) in [4.78, 5) is 26.3. The molecule has 1 saturated heterocycles. The number of anilines is 1. The van der Waals surface area contributed by atoms with Crippen LogP contribution in [0.2, 0.25) is 0 Å². The van der Waals surface area contributed by atoms with Gasteiger partial charge in [0.05, 0.1) is 18.7 Å². The fourth-order valence-electron chi connectivity index (χ4n) is 2.87. The monoisotopic (exact) mass is 318 g/mol. The van der Waals surface area contributed by atoms with Crippen molar-refractivity contribution in [3.63, 3.8) is 0 Å². The molecule has 1 aliphatic heterocycles. The Kier molecular flexibility index (Phi) is 6.02. The summed E-state index contributed by atoms with van der Waals surface area (Å²) in [6, 6.07) is 5.65. The largest absolute Gasteiger partial charge is 0.495 e. The molecule has 1 aliphatic rings. The van der Waals surface area contributed by atoms with E-state index in [0.29, 0.717) is 24.4 Å². The summed E-state index contributed by atoms with van der Waals surface area (Å²) in [7, 11) is 1.58. The van der Waals surface area contributed by atoms with Crippen molar-refractivity contribution in [3.05, 3.63) is 23.8 Å². The van der Waals surface area contributed by atoms with E-state index in [2.05, 4.69) is 12.2 Å². The van der Waals surface area contributed by atoms with Crippen molar-refractivity contribution in [2.45, 2.75) is 39.5 Å². The Hall–Kier alpha value is -2.04. The lowest BCUT2D eigenvalue weighted by molar-refractivity contribution is -0.128. The molecule has 2 rings (SSSR count). The van der Waals surface area contributed by atoms with Crippen LogP contribution in [0.5, 0.6) is 5.75 Å². The van der Waals surface area contributed by atoms with Crippen molar-refractivity contribution in [1.29, 1.82) is 0 Å². The first-order chi connectivity index (χ1) is 11.0. The third-order valence-electron chi connectivity index (χ3n) is 4.23. The highest BCUT2D eigenvalue weighted by molar-refractivity contribution is 5.98. The zero-order chi connectivity index (χ0) is 16.8. The molecule has 5 heteroatoms. The number of carbonyl (C=O) groups excluding carboxylic acids is 2. The van der Waals surface area contributed by atoms with E-state index >= 15 is 0 Å². The number of benzene rings is 1. The van der Waals surface area contributed by atoms with Gasteiger partial charge in [0.15, 0.2) is 0 Å². The van der Waals surface area contributed by atoms with Crippen LogP contribution in [0.15, 0.2) is 18.2 Å². The molecular formula is C18H26N2O3. The number of carbonyl (C=O) groups is 2. The minimum absolute atomic E-state index is 0.0810. The molecule has 1 unspecified atom stereocenters. The average molecular weight is 318 g/mol. The predicted molar refractivity (Wildman–Crippen MR) is 90.6 cm³/mol. The van der Waals surface area contributed by atoms with Gasteiger partial charge in [-0.25, -0.2) is 0 Å². The number of rotatable bonds is 7. The molecule has 1 N–H and O–H groups in total. The van der Waals surface area contributed by atoms with Gasteiger partial charge in [-0.1, -0.05) is 25.8 Å². The quantitative estimate of drug-likeness (QED) is 0.786. The van der Waals surface area contributed by atoms with Crippen molar-refractivity contribution in [2.24, 2.45) is 5.92 Å². The molecule has 0 bridgehead atoms. The van der Waals surface area contributed by atoms with E-state index in [0.717, 1.165) is 31.4 Å². The molecule has 126 valence electrons. The van der Waals surface area contributed by atoms with Gasteiger partial charge in [0.25, 0.3) is 0 Å². The molecule has 1 aromatic carbocycles. The number of likely N-dealkylation sites (tertiary alicyclic amines) is 1. The van der Waals surface area contributed by atoms with Crippen molar-refractivity contribution < 1.29 is 14.3 Å².